The lowest BCUT2D eigenvalue weighted by atomic mass is 10.1. The zero-order chi connectivity index (χ0) is 18.8. The smallest absolute Gasteiger partial charge is 0.138 e. The van der Waals surface area contributed by atoms with Gasteiger partial charge in [0.25, 0.3) is 0 Å². The van der Waals surface area contributed by atoms with E-state index in [0.29, 0.717) is 0 Å². The molecule has 1 aromatic heterocycles. The Kier molecular flexibility index (Phi) is 5.14. The molecule has 0 saturated heterocycles. The average Bonchev–Trinajstić information content (AvgIpc) is 3.14. The molecule has 0 spiro atoms. The van der Waals surface area contributed by atoms with Crippen LogP contribution >= 0.6 is 31.9 Å². The van der Waals surface area contributed by atoms with Gasteiger partial charge in [0.05, 0.1) is 18.5 Å². The minimum Gasteiger partial charge on any atom is -0.497 e. The van der Waals surface area contributed by atoms with Gasteiger partial charge < -0.3 is 9.72 Å². The molecule has 0 bridgehead atoms. The van der Waals surface area contributed by atoms with Crippen molar-refractivity contribution >= 4 is 31.9 Å². The summed E-state index contributed by atoms with van der Waals surface area (Å²) in [6.45, 7) is 0. The van der Waals surface area contributed by atoms with Crippen molar-refractivity contribution in [2.75, 3.05) is 7.11 Å². The van der Waals surface area contributed by atoms with Crippen LogP contribution in [0, 0.1) is 0 Å². The quantitative estimate of drug-likeness (QED) is 0.341. The van der Waals surface area contributed by atoms with Crippen molar-refractivity contribution in [3.63, 3.8) is 0 Å². The molecule has 5 heteroatoms. The molecule has 0 fully saturated rings. The van der Waals surface area contributed by atoms with E-state index in [2.05, 4.69) is 61.1 Å². The predicted octanol–water partition coefficient (Wildman–Crippen LogP) is 6.94. The summed E-state index contributed by atoms with van der Waals surface area (Å²) in [5.41, 5.74) is 5.08. The number of nitrogens with one attached hydrogen (secondary N) is 1. The molecule has 0 radical (unpaired) electrons. The number of aromatic nitrogens is 2. The molecule has 4 aromatic rings. The Morgan fingerprint density at radius 3 is 1.78 bits per heavy atom. The Balaban J connectivity index is 1.85. The van der Waals surface area contributed by atoms with Gasteiger partial charge in [0, 0.05) is 25.6 Å². The average molecular weight is 484 g/mol. The van der Waals surface area contributed by atoms with Gasteiger partial charge in [-0.15, -0.1) is 0 Å². The van der Waals surface area contributed by atoms with Gasteiger partial charge in [0.2, 0.25) is 0 Å². The maximum absolute atomic E-state index is 5.26. The summed E-state index contributed by atoms with van der Waals surface area (Å²) < 4.78 is 7.35. The molecular weight excluding hydrogens is 468 g/mol. The lowest BCUT2D eigenvalue weighted by Crippen LogP contribution is -1.84. The van der Waals surface area contributed by atoms with E-state index in [1.54, 1.807) is 7.11 Å². The fraction of sp³-hybridized carbons (Fsp3) is 0.0455. The van der Waals surface area contributed by atoms with Crippen molar-refractivity contribution in [1.29, 1.82) is 0 Å². The molecule has 1 heterocycles. The van der Waals surface area contributed by atoms with Gasteiger partial charge in [-0.05, 0) is 48.5 Å². The van der Waals surface area contributed by atoms with Gasteiger partial charge in [-0.2, -0.15) is 0 Å². The van der Waals surface area contributed by atoms with Crippen LogP contribution in [0.4, 0.5) is 0 Å². The molecule has 1 N–H and O–H groups in total. The summed E-state index contributed by atoms with van der Waals surface area (Å²) in [4.78, 5) is 8.42. The summed E-state index contributed by atoms with van der Waals surface area (Å²) in [6.07, 6.45) is 0. The first kappa shape index (κ1) is 18.0. The molecule has 0 aliphatic rings. The minimum atomic E-state index is 0.826. The van der Waals surface area contributed by atoms with Gasteiger partial charge >= 0.3 is 0 Å². The summed E-state index contributed by atoms with van der Waals surface area (Å²) in [7, 11) is 1.67. The minimum absolute atomic E-state index is 0.826. The van der Waals surface area contributed by atoms with Gasteiger partial charge in [-0.3, -0.25) is 0 Å². The van der Waals surface area contributed by atoms with E-state index in [1.807, 2.05) is 48.5 Å². The Bertz CT molecular complexity index is 990. The van der Waals surface area contributed by atoms with Crippen LogP contribution in [0.5, 0.6) is 5.75 Å². The largest absolute Gasteiger partial charge is 0.497 e. The maximum atomic E-state index is 5.26. The van der Waals surface area contributed by atoms with E-state index in [4.69, 9.17) is 9.72 Å². The molecule has 4 rings (SSSR count). The lowest BCUT2D eigenvalue weighted by molar-refractivity contribution is 0.415. The third-order valence-electron chi connectivity index (χ3n) is 4.32. The van der Waals surface area contributed by atoms with Crippen molar-refractivity contribution in [2.45, 2.75) is 0 Å². The van der Waals surface area contributed by atoms with E-state index in [9.17, 15) is 0 Å². The van der Waals surface area contributed by atoms with Crippen LogP contribution < -0.4 is 4.74 Å². The molecule has 0 aliphatic carbocycles. The zero-order valence-corrected chi connectivity index (χ0v) is 17.7. The van der Waals surface area contributed by atoms with Crippen LogP contribution in [0.2, 0.25) is 0 Å². The second-order valence-electron chi connectivity index (χ2n) is 6.05. The summed E-state index contributed by atoms with van der Waals surface area (Å²) >= 11 is 7.00. The van der Waals surface area contributed by atoms with Crippen LogP contribution in [0.15, 0.2) is 81.7 Å². The molecular formula is C22H16Br2N2O. The molecule has 27 heavy (non-hydrogen) atoms. The van der Waals surface area contributed by atoms with E-state index in [1.165, 1.54) is 0 Å². The zero-order valence-electron chi connectivity index (χ0n) is 14.5. The highest BCUT2D eigenvalue weighted by molar-refractivity contribution is 9.10. The number of ether oxygens (including phenoxy) is 1. The normalized spacial score (nSPS) is 10.8. The SMILES string of the molecule is COc1ccc(-c2nc(-c3ccc(Br)cc3)c(-c3ccc(Br)cc3)[nH]2)cc1. The molecule has 3 aromatic carbocycles. The first-order chi connectivity index (χ1) is 13.1. The summed E-state index contributed by atoms with van der Waals surface area (Å²) in [5.74, 6) is 1.65. The van der Waals surface area contributed by atoms with Gasteiger partial charge in [-0.25, -0.2) is 4.98 Å². The van der Waals surface area contributed by atoms with Crippen LogP contribution in [-0.2, 0) is 0 Å². The van der Waals surface area contributed by atoms with E-state index in [-0.39, 0.29) is 0 Å². The number of nitrogens with zero attached hydrogens (tertiary/aromatic N) is 1. The van der Waals surface area contributed by atoms with Crippen molar-refractivity contribution in [3.05, 3.63) is 81.7 Å². The number of rotatable bonds is 4. The Labute approximate surface area is 174 Å². The maximum Gasteiger partial charge on any atom is 0.138 e. The number of imidazole rings is 1. The third kappa shape index (κ3) is 3.84. The molecule has 0 saturated carbocycles. The number of hydrogen-bond donors (Lipinski definition) is 1. The van der Waals surface area contributed by atoms with E-state index >= 15 is 0 Å². The first-order valence-electron chi connectivity index (χ1n) is 8.40. The van der Waals surface area contributed by atoms with Crippen LogP contribution in [0.25, 0.3) is 33.9 Å². The highest BCUT2D eigenvalue weighted by Gasteiger charge is 2.15. The topological polar surface area (TPSA) is 37.9 Å². The molecule has 0 unspecified atom stereocenters. The Morgan fingerprint density at radius 2 is 1.22 bits per heavy atom. The second-order valence-corrected chi connectivity index (χ2v) is 7.88. The highest BCUT2D eigenvalue weighted by atomic mass is 79.9. The van der Waals surface area contributed by atoms with Crippen molar-refractivity contribution in [2.24, 2.45) is 0 Å². The Hall–Kier alpha value is -2.37. The third-order valence-corrected chi connectivity index (χ3v) is 5.38. The van der Waals surface area contributed by atoms with Crippen LogP contribution in [0.3, 0.4) is 0 Å². The first-order valence-corrected chi connectivity index (χ1v) is 9.99. The van der Waals surface area contributed by atoms with E-state index < -0.39 is 0 Å². The number of hydrogen-bond acceptors (Lipinski definition) is 2. The second kappa shape index (κ2) is 7.71. The highest BCUT2D eigenvalue weighted by Crippen LogP contribution is 2.34. The van der Waals surface area contributed by atoms with Crippen molar-refractivity contribution < 1.29 is 4.74 Å². The summed E-state index contributed by atoms with van der Waals surface area (Å²) in [5, 5.41) is 0. The number of aromatic amines is 1. The molecule has 0 amide bonds. The predicted molar refractivity (Wildman–Crippen MR) is 117 cm³/mol. The lowest BCUT2D eigenvalue weighted by Gasteiger charge is -2.04. The fourth-order valence-corrected chi connectivity index (χ4v) is 3.43. The van der Waals surface area contributed by atoms with Gasteiger partial charge in [0.15, 0.2) is 0 Å². The number of H-pyrrole nitrogens is 1. The Morgan fingerprint density at radius 1 is 0.704 bits per heavy atom. The fourth-order valence-electron chi connectivity index (χ4n) is 2.90. The standard InChI is InChI=1S/C22H16Br2N2O/c1-27-19-12-6-16(7-13-19)22-25-20(14-2-8-17(23)9-3-14)21(26-22)15-4-10-18(24)11-5-15/h2-13H,1H3,(H,25,26). The molecule has 0 aliphatic heterocycles. The van der Waals surface area contributed by atoms with Crippen molar-refractivity contribution in [1.82, 2.24) is 9.97 Å². The van der Waals surface area contributed by atoms with E-state index in [0.717, 1.165) is 48.6 Å². The molecule has 134 valence electrons. The number of benzene rings is 3. The summed E-state index contributed by atoms with van der Waals surface area (Å²) in [6, 6.07) is 24.3. The number of methoxy groups -OCH3 is 1. The van der Waals surface area contributed by atoms with Crippen LogP contribution in [-0.4, -0.2) is 17.1 Å². The molecule has 3 nitrogen and oxygen atoms in total. The molecule has 0 atom stereocenters. The van der Waals surface area contributed by atoms with Crippen LogP contribution in [0.1, 0.15) is 0 Å². The van der Waals surface area contributed by atoms with Gasteiger partial charge in [-0.1, -0.05) is 56.1 Å². The number of halogens is 2. The monoisotopic (exact) mass is 482 g/mol. The van der Waals surface area contributed by atoms with Gasteiger partial charge in [0.1, 0.15) is 11.6 Å². The van der Waals surface area contributed by atoms with Crippen molar-refractivity contribution in [3.8, 4) is 39.7 Å².